The highest BCUT2D eigenvalue weighted by Crippen LogP contribution is 2.31. The maximum absolute atomic E-state index is 11.8. The van der Waals surface area contributed by atoms with E-state index < -0.39 is 0 Å². The van der Waals surface area contributed by atoms with E-state index in [0.29, 0.717) is 18.4 Å². The highest BCUT2D eigenvalue weighted by Gasteiger charge is 2.21. The third kappa shape index (κ3) is 5.40. The molecule has 29 heavy (non-hydrogen) atoms. The first kappa shape index (κ1) is 21.0. The number of anilines is 1. The Balaban J connectivity index is 1.57. The van der Waals surface area contributed by atoms with Crippen molar-refractivity contribution in [2.24, 2.45) is 0 Å². The number of carbonyl (C=O) groups is 1. The molecule has 0 saturated carbocycles. The van der Waals surface area contributed by atoms with E-state index in [2.05, 4.69) is 45.5 Å². The van der Waals surface area contributed by atoms with Crippen molar-refractivity contribution in [3.63, 3.8) is 0 Å². The van der Waals surface area contributed by atoms with Gasteiger partial charge in [-0.15, -0.1) is 0 Å². The Hall–Kier alpha value is -2.76. The van der Waals surface area contributed by atoms with E-state index in [1.807, 2.05) is 26.1 Å². The fraction of sp³-hybridized carbons (Fsp3) is 0.478. The maximum Gasteiger partial charge on any atom is 0.317 e. The lowest BCUT2D eigenvalue weighted by Gasteiger charge is -2.34. The second-order valence-corrected chi connectivity index (χ2v) is 7.78. The van der Waals surface area contributed by atoms with Crippen LogP contribution in [-0.2, 0) is 0 Å². The van der Waals surface area contributed by atoms with Gasteiger partial charge < -0.3 is 19.9 Å². The molecule has 1 fully saturated rings. The molecule has 0 radical (unpaired) electrons. The third-order valence-electron chi connectivity index (χ3n) is 5.52. The van der Waals surface area contributed by atoms with Crippen LogP contribution in [0.15, 0.2) is 42.6 Å². The fourth-order valence-electron chi connectivity index (χ4n) is 3.75. The summed E-state index contributed by atoms with van der Waals surface area (Å²) in [6, 6.07) is 12.7. The Labute approximate surface area is 173 Å². The lowest BCUT2D eigenvalue weighted by molar-refractivity contribution is 0.214. The Morgan fingerprint density at radius 2 is 1.93 bits per heavy atom. The number of aromatic nitrogens is 1. The largest absolute Gasteiger partial charge is 0.478 e. The number of hydrogen-bond donors (Lipinski definition) is 1. The molecule has 6 heteroatoms. The van der Waals surface area contributed by atoms with Crippen LogP contribution < -0.4 is 15.0 Å². The van der Waals surface area contributed by atoms with E-state index in [1.165, 1.54) is 11.3 Å². The topological polar surface area (TPSA) is 57.7 Å². The minimum atomic E-state index is -0.0717. The third-order valence-corrected chi connectivity index (χ3v) is 5.52. The van der Waals surface area contributed by atoms with Crippen molar-refractivity contribution in [1.82, 2.24) is 15.2 Å². The Morgan fingerprint density at radius 3 is 2.55 bits per heavy atom. The van der Waals surface area contributed by atoms with Crippen molar-refractivity contribution < 1.29 is 9.53 Å². The molecule has 1 aromatic carbocycles. The van der Waals surface area contributed by atoms with Gasteiger partial charge in [0.05, 0.1) is 12.6 Å². The summed E-state index contributed by atoms with van der Waals surface area (Å²) in [5, 5.41) is 3.00. The monoisotopic (exact) mass is 396 g/mol. The van der Waals surface area contributed by atoms with Crippen molar-refractivity contribution in [3.05, 3.63) is 53.7 Å². The van der Waals surface area contributed by atoms with Crippen molar-refractivity contribution in [3.8, 4) is 5.88 Å². The minimum absolute atomic E-state index is 0.00739. The predicted molar refractivity (Wildman–Crippen MR) is 117 cm³/mol. The maximum atomic E-state index is 11.8. The molecule has 1 atom stereocenters. The molecule has 0 spiro atoms. The van der Waals surface area contributed by atoms with Gasteiger partial charge in [-0.2, -0.15) is 0 Å². The number of urea groups is 1. The van der Waals surface area contributed by atoms with Gasteiger partial charge in [-0.3, -0.25) is 0 Å². The SMILES string of the molecule is CCOc1cc(N2CCC(c3ccc([C@H](C)NC(=O)N(C)C)cc3)CC2)ccn1. The molecular formula is C23H32N4O2. The molecule has 1 aliphatic rings. The quantitative estimate of drug-likeness (QED) is 0.795. The summed E-state index contributed by atoms with van der Waals surface area (Å²) in [6.45, 7) is 6.67. The van der Waals surface area contributed by atoms with Crippen LogP contribution in [-0.4, -0.2) is 49.7 Å². The zero-order valence-electron chi connectivity index (χ0n) is 17.9. The van der Waals surface area contributed by atoms with Crippen molar-refractivity contribution in [2.75, 3.05) is 38.7 Å². The van der Waals surface area contributed by atoms with Crippen LogP contribution in [0, 0.1) is 0 Å². The van der Waals surface area contributed by atoms with E-state index in [-0.39, 0.29) is 12.1 Å². The predicted octanol–water partition coefficient (Wildman–Crippen LogP) is 4.20. The number of nitrogens with one attached hydrogen (secondary N) is 1. The van der Waals surface area contributed by atoms with Crippen LogP contribution in [0.1, 0.15) is 49.8 Å². The fourth-order valence-corrected chi connectivity index (χ4v) is 3.75. The van der Waals surface area contributed by atoms with E-state index >= 15 is 0 Å². The number of benzene rings is 1. The molecule has 0 aliphatic carbocycles. The average Bonchev–Trinajstić information content (AvgIpc) is 2.74. The molecule has 1 N–H and O–H groups in total. The highest BCUT2D eigenvalue weighted by molar-refractivity contribution is 5.74. The molecule has 2 aromatic rings. The molecule has 6 nitrogen and oxygen atoms in total. The van der Waals surface area contributed by atoms with Gasteiger partial charge in [0.1, 0.15) is 0 Å². The van der Waals surface area contributed by atoms with Gasteiger partial charge in [0.2, 0.25) is 5.88 Å². The first-order chi connectivity index (χ1) is 14.0. The minimum Gasteiger partial charge on any atom is -0.478 e. The number of pyridine rings is 1. The number of piperidine rings is 1. The number of nitrogens with zero attached hydrogens (tertiary/aromatic N) is 3. The van der Waals surface area contributed by atoms with Crippen LogP contribution in [0.2, 0.25) is 0 Å². The zero-order valence-corrected chi connectivity index (χ0v) is 17.9. The zero-order chi connectivity index (χ0) is 20.8. The van der Waals surface area contributed by atoms with Crippen molar-refractivity contribution in [1.29, 1.82) is 0 Å². The number of hydrogen-bond acceptors (Lipinski definition) is 4. The summed E-state index contributed by atoms with van der Waals surface area (Å²) in [4.78, 5) is 20.1. The average molecular weight is 397 g/mol. The Morgan fingerprint density at radius 1 is 1.24 bits per heavy atom. The Kier molecular flexibility index (Phi) is 6.96. The first-order valence-electron chi connectivity index (χ1n) is 10.4. The molecule has 1 aliphatic heterocycles. The first-order valence-corrected chi connectivity index (χ1v) is 10.4. The van der Waals surface area contributed by atoms with Gasteiger partial charge in [0.25, 0.3) is 0 Å². The normalized spacial score (nSPS) is 15.7. The lowest BCUT2D eigenvalue weighted by Crippen LogP contribution is -2.36. The van der Waals surface area contributed by atoms with E-state index in [4.69, 9.17) is 4.74 Å². The molecule has 2 heterocycles. The highest BCUT2D eigenvalue weighted by atomic mass is 16.5. The summed E-state index contributed by atoms with van der Waals surface area (Å²) >= 11 is 0. The number of rotatable bonds is 6. The van der Waals surface area contributed by atoms with Crippen LogP contribution in [0.3, 0.4) is 0 Å². The summed E-state index contributed by atoms with van der Waals surface area (Å²) in [7, 11) is 3.50. The van der Waals surface area contributed by atoms with Crippen LogP contribution in [0.5, 0.6) is 5.88 Å². The summed E-state index contributed by atoms with van der Waals surface area (Å²) < 4.78 is 5.53. The van der Waals surface area contributed by atoms with Crippen LogP contribution in [0.25, 0.3) is 0 Å². The van der Waals surface area contributed by atoms with Crippen molar-refractivity contribution in [2.45, 2.75) is 38.6 Å². The molecule has 0 bridgehead atoms. The molecule has 3 rings (SSSR count). The van der Waals surface area contributed by atoms with Gasteiger partial charge in [0.15, 0.2) is 0 Å². The lowest BCUT2D eigenvalue weighted by atomic mass is 9.88. The molecule has 0 unspecified atom stereocenters. The molecular weight excluding hydrogens is 364 g/mol. The second kappa shape index (κ2) is 9.63. The smallest absolute Gasteiger partial charge is 0.317 e. The molecule has 156 valence electrons. The van der Waals surface area contributed by atoms with E-state index in [1.54, 1.807) is 19.0 Å². The van der Waals surface area contributed by atoms with Gasteiger partial charge in [-0.1, -0.05) is 24.3 Å². The standard InChI is InChI=1S/C23H32N4O2/c1-5-29-22-16-21(10-13-24-22)27-14-11-20(12-15-27)19-8-6-18(7-9-19)17(2)25-23(28)26(3)4/h6-10,13,16-17,20H,5,11-12,14-15H2,1-4H3,(H,25,28)/t17-/m0/s1. The number of carbonyl (C=O) groups excluding carboxylic acids is 1. The number of amides is 2. The molecule has 2 amide bonds. The van der Waals surface area contributed by atoms with Gasteiger partial charge in [-0.05, 0) is 49.8 Å². The second-order valence-electron chi connectivity index (χ2n) is 7.78. The number of ether oxygens (including phenoxy) is 1. The van der Waals surface area contributed by atoms with E-state index in [9.17, 15) is 4.79 Å². The summed E-state index contributed by atoms with van der Waals surface area (Å²) in [6.07, 6.45) is 4.07. The molecule has 1 saturated heterocycles. The van der Waals surface area contributed by atoms with Gasteiger partial charge in [-0.25, -0.2) is 9.78 Å². The van der Waals surface area contributed by atoms with Crippen LogP contribution >= 0.6 is 0 Å². The molecule has 1 aromatic heterocycles. The van der Waals surface area contributed by atoms with Gasteiger partial charge in [0, 0.05) is 45.1 Å². The Bertz CT molecular complexity index is 799. The summed E-state index contributed by atoms with van der Waals surface area (Å²) in [5.41, 5.74) is 3.69. The van der Waals surface area contributed by atoms with E-state index in [0.717, 1.165) is 31.5 Å². The van der Waals surface area contributed by atoms with Crippen LogP contribution in [0.4, 0.5) is 10.5 Å². The van der Waals surface area contributed by atoms with Gasteiger partial charge >= 0.3 is 6.03 Å². The van der Waals surface area contributed by atoms with Crippen molar-refractivity contribution >= 4 is 11.7 Å². The summed E-state index contributed by atoms with van der Waals surface area (Å²) in [5.74, 6) is 1.26.